The molecule has 0 aliphatic heterocycles. The minimum absolute atomic E-state index is 0.132. The summed E-state index contributed by atoms with van der Waals surface area (Å²) in [5.74, 6) is 0. The van der Waals surface area contributed by atoms with Gasteiger partial charge in [-0.1, -0.05) is 32.9 Å². The molecule has 0 heterocycles. The van der Waals surface area contributed by atoms with Gasteiger partial charge in [-0.05, 0) is 24.1 Å². The SMILES string of the molecule is CCCN(CCO)S(=O)(=O)c1ccc(CNC(C)C)cc1. The van der Waals surface area contributed by atoms with Crippen molar-refractivity contribution in [3.05, 3.63) is 29.8 Å². The summed E-state index contributed by atoms with van der Waals surface area (Å²) in [5.41, 5.74) is 1.05. The van der Waals surface area contributed by atoms with E-state index in [2.05, 4.69) is 19.2 Å². The molecule has 0 radical (unpaired) electrons. The van der Waals surface area contributed by atoms with Gasteiger partial charge in [0.1, 0.15) is 0 Å². The highest BCUT2D eigenvalue weighted by atomic mass is 32.2. The zero-order valence-corrected chi connectivity index (χ0v) is 13.9. The Balaban J connectivity index is 2.87. The van der Waals surface area contributed by atoms with Gasteiger partial charge in [-0.15, -0.1) is 0 Å². The van der Waals surface area contributed by atoms with Crippen molar-refractivity contribution in [3.8, 4) is 0 Å². The average molecular weight is 314 g/mol. The second kappa shape index (κ2) is 8.48. The fourth-order valence-electron chi connectivity index (χ4n) is 1.96. The van der Waals surface area contributed by atoms with Crippen molar-refractivity contribution in [1.82, 2.24) is 9.62 Å². The average Bonchev–Trinajstić information content (AvgIpc) is 2.45. The molecule has 0 aromatic heterocycles. The molecule has 1 rings (SSSR count). The molecule has 0 saturated carbocycles. The molecule has 0 aliphatic carbocycles. The summed E-state index contributed by atoms with van der Waals surface area (Å²) in [4.78, 5) is 0.276. The van der Waals surface area contributed by atoms with Crippen LogP contribution in [-0.4, -0.2) is 43.6 Å². The summed E-state index contributed by atoms with van der Waals surface area (Å²) in [5, 5.41) is 12.3. The third-order valence-corrected chi connectivity index (χ3v) is 5.01. The molecule has 0 aliphatic rings. The first-order valence-corrected chi connectivity index (χ1v) is 8.79. The van der Waals surface area contributed by atoms with Crippen molar-refractivity contribution in [1.29, 1.82) is 0 Å². The Morgan fingerprint density at radius 1 is 1.19 bits per heavy atom. The smallest absolute Gasteiger partial charge is 0.243 e. The van der Waals surface area contributed by atoms with Crippen LogP contribution in [0.2, 0.25) is 0 Å². The zero-order chi connectivity index (χ0) is 15.9. The maximum atomic E-state index is 12.5. The highest BCUT2D eigenvalue weighted by Crippen LogP contribution is 2.16. The Bertz CT molecular complexity index is 506. The van der Waals surface area contributed by atoms with Crippen molar-refractivity contribution in [2.75, 3.05) is 19.7 Å². The van der Waals surface area contributed by atoms with Gasteiger partial charge < -0.3 is 10.4 Å². The van der Waals surface area contributed by atoms with Crippen LogP contribution in [0.15, 0.2) is 29.2 Å². The van der Waals surface area contributed by atoms with Crippen molar-refractivity contribution in [2.24, 2.45) is 0 Å². The number of nitrogens with zero attached hydrogens (tertiary/aromatic N) is 1. The summed E-state index contributed by atoms with van der Waals surface area (Å²) in [6, 6.07) is 7.30. The predicted molar refractivity (Wildman–Crippen MR) is 84.6 cm³/mol. The van der Waals surface area contributed by atoms with Crippen LogP contribution in [0, 0.1) is 0 Å². The molecule has 0 amide bonds. The number of hydrogen-bond acceptors (Lipinski definition) is 4. The lowest BCUT2D eigenvalue weighted by Crippen LogP contribution is -2.34. The molecule has 0 bridgehead atoms. The number of sulfonamides is 1. The van der Waals surface area contributed by atoms with E-state index in [0.29, 0.717) is 19.1 Å². The van der Waals surface area contributed by atoms with Crippen molar-refractivity contribution >= 4 is 10.0 Å². The van der Waals surface area contributed by atoms with Crippen LogP contribution in [-0.2, 0) is 16.6 Å². The van der Waals surface area contributed by atoms with Gasteiger partial charge in [0.25, 0.3) is 0 Å². The molecule has 0 fully saturated rings. The molecular formula is C15H26N2O3S. The minimum atomic E-state index is -3.52. The van der Waals surface area contributed by atoms with E-state index in [-0.39, 0.29) is 18.0 Å². The van der Waals surface area contributed by atoms with Gasteiger partial charge in [-0.2, -0.15) is 4.31 Å². The van der Waals surface area contributed by atoms with Crippen LogP contribution in [0.3, 0.4) is 0 Å². The van der Waals surface area contributed by atoms with Gasteiger partial charge in [0.05, 0.1) is 11.5 Å². The first kappa shape index (κ1) is 18.1. The normalized spacial score (nSPS) is 12.3. The van der Waals surface area contributed by atoms with Crippen molar-refractivity contribution in [3.63, 3.8) is 0 Å². The van der Waals surface area contributed by atoms with Crippen LogP contribution in [0.25, 0.3) is 0 Å². The number of aliphatic hydroxyl groups is 1. The van der Waals surface area contributed by atoms with Gasteiger partial charge in [0.15, 0.2) is 0 Å². The Morgan fingerprint density at radius 2 is 1.81 bits per heavy atom. The molecule has 120 valence electrons. The molecule has 1 aromatic rings. The van der Waals surface area contributed by atoms with E-state index in [1.165, 1.54) is 4.31 Å². The van der Waals surface area contributed by atoms with E-state index in [0.717, 1.165) is 12.0 Å². The first-order chi connectivity index (χ1) is 9.91. The fourth-order valence-corrected chi connectivity index (χ4v) is 3.49. The molecule has 2 N–H and O–H groups in total. The van der Waals surface area contributed by atoms with Crippen molar-refractivity contribution in [2.45, 2.75) is 44.7 Å². The Morgan fingerprint density at radius 3 is 2.29 bits per heavy atom. The molecule has 0 spiro atoms. The molecule has 6 heteroatoms. The third kappa shape index (κ3) is 5.39. The van der Waals surface area contributed by atoms with E-state index in [4.69, 9.17) is 5.11 Å². The Hall–Kier alpha value is -0.950. The summed E-state index contributed by atoms with van der Waals surface area (Å²) >= 11 is 0. The molecule has 0 saturated heterocycles. The minimum Gasteiger partial charge on any atom is -0.395 e. The van der Waals surface area contributed by atoms with Crippen LogP contribution < -0.4 is 5.32 Å². The van der Waals surface area contributed by atoms with Crippen LogP contribution in [0.5, 0.6) is 0 Å². The van der Waals surface area contributed by atoms with E-state index in [1.807, 2.05) is 19.1 Å². The van der Waals surface area contributed by atoms with Gasteiger partial charge >= 0.3 is 0 Å². The Kier molecular flexibility index (Phi) is 7.31. The molecular weight excluding hydrogens is 288 g/mol. The Labute approximate surface area is 128 Å². The summed E-state index contributed by atoms with van der Waals surface area (Å²) < 4.78 is 26.3. The van der Waals surface area contributed by atoms with E-state index in [9.17, 15) is 8.42 Å². The number of rotatable bonds is 9. The highest BCUT2D eigenvalue weighted by Gasteiger charge is 2.22. The largest absolute Gasteiger partial charge is 0.395 e. The lowest BCUT2D eigenvalue weighted by molar-refractivity contribution is 0.253. The zero-order valence-electron chi connectivity index (χ0n) is 13.0. The van der Waals surface area contributed by atoms with Gasteiger partial charge in [-0.25, -0.2) is 8.42 Å². The quantitative estimate of drug-likeness (QED) is 0.726. The van der Waals surface area contributed by atoms with Crippen LogP contribution in [0.4, 0.5) is 0 Å². The maximum Gasteiger partial charge on any atom is 0.243 e. The fraction of sp³-hybridized carbons (Fsp3) is 0.600. The summed E-state index contributed by atoms with van der Waals surface area (Å²) in [6.07, 6.45) is 0.718. The van der Waals surface area contributed by atoms with Gasteiger partial charge in [-0.3, -0.25) is 0 Å². The second-order valence-electron chi connectivity index (χ2n) is 5.31. The van der Waals surface area contributed by atoms with E-state index >= 15 is 0 Å². The number of benzene rings is 1. The maximum absolute atomic E-state index is 12.5. The molecule has 0 atom stereocenters. The van der Waals surface area contributed by atoms with Crippen molar-refractivity contribution < 1.29 is 13.5 Å². The molecule has 5 nitrogen and oxygen atoms in total. The predicted octanol–water partition coefficient (Wildman–Crippen LogP) is 1.58. The van der Waals surface area contributed by atoms with E-state index < -0.39 is 10.0 Å². The highest BCUT2D eigenvalue weighted by molar-refractivity contribution is 7.89. The summed E-state index contributed by atoms with van der Waals surface area (Å²) in [7, 11) is -3.52. The van der Waals surface area contributed by atoms with E-state index in [1.54, 1.807) is 12.1 Å². The standard InChI is InChI=1S/C15H26N2O3S/c1-4-9-17(10-11-18)21(19,20)15-7-5-14(6-8-15)12-16-13(2)3/h5-8,13,16,18H,4,9-12H2,1-3H3. The number of nitrogens with one attached hydrogen (secondary N) is 1. The lowest BCUT2D eigenvalue weighted by Gasteiger charge is -2.20. The van der Waals surface area contributed by atoms with Gasteiger partial charge in [0.2, 0.25) is 10.0 Å². The molecule has 0 unspecified atom stereocenters. The van der Waals surface area contributed by atoms with Crippen LogP contribution in [0.1, 0.15) is 32.8 Å². The number of hydrogen-bond donors (Lipinski definition) is 2. The molecule has 1 aromatic carbocycles. The third-order valence-electron chi connectivity index (χ3n) is 3.10. The van der Waals surface area contributed by atoms with Crippen LogP contribution >= 0.6 is 0 Å². The monoisotopic (exact) mass is 314 g/mol. The second-order valence-corrected chi connectivity index (χ2v) is 7.25. The first-order valence-electron chi connectivity index (χ1n) is 7.35. The van der Waals surface area contributed by atoms with Gasteiger partial charge in [0, 0.05) is 25.7 Å². The lowest BCUT2D eigenvalue weighted by atomic mass is 10.2. The molecule has 21 heavy (non-hydrogen) atoms. The topological polar surface area (TPSA) is 69.6 Å². The number of aliphatic hydroxyl groups excluding tert-OH is 1. The summed E-state index contributed by atoms with van der Waals surface area (Å²) in [6.45, 7) is 7.14.